The Balaban J connectivity index is 2.25. The summed E-state index contributed by atoms with van der Waals surface area (Å²) in [7, 11) is -3.96. The standard InChI is InChI=1S/C12H16N2O6S2/c15-9(16)2-1-4-14-22(19,20)12-10(11(17)18)7-3-5-13-6-8(7)21-12/h13-14H,1-6H2,(H,15,16)(H,17,18). The van der Waals surface area contributed by atoms with E-state index in [-0.39, 0.29) is 29.2 Å². The first-order valence-corrected chi connectivity index (χ1v) is 8.93. The van der Waals surface area contributed by atoms with E-state index in [0.29, 0.717) is 25.1 Å². The fourth-order valence-electron chi connectivity index (χ4n) is 2.23. The maximum Gasteiger partial charge on any atom is 0.338 e. The van der Waals surface area contributed by atoms with Crippen molar-refractivity contribution >= 4 is 33.3 Å². The summed E-state index contributed by atoms with van der Waals surface area (Å²) in [5.41, 5.74) is 0.411. The van der Waals surface area contributed by atoms with Gasteiger partial charge in [0.1, 0.15) is 4.21 Å². The van der Waals surface area contributed by atoms with Gasteiger partial charge < -0.3 is 15.5 Å². The number of sulfonamides is 1. The van der Waals surface area contributed by atoms with Crippen LogP contribution in [0.3, 0.4) is 0 Å². The number of hydrogen-bond donors (Lipinski definition) is 4. The van der Waals surface area contributed by atoms with E-state index in [4.69, 9.17) is 5.11 Å². The van der Waals surface area contributed by atoms with Gasteiger partial charge in [-0.3, -0.25) is 4.79 Å². The summed E-state index contributed by atoms with van der Waals surface area (Å²) in [5.74, 6) is -2.27. The summed E-state index contributed by atoms with van der Waals surface area (Å²) in [6.45, 7) is 1.01. The molecule has 2 heterocycles. The molecule has 1 aliphatic rings. The molecule has 8 nitrogen and oxygen atoms in total. The molecule has 0 aromatic carbocycles. The van der Waals surface area contributed by atoms with Gasteiger partial charge in [0.05, 0.1) is 5.56 Å². The lowest BCUT2D eigenvalue weighted by Gasteiger charge is -2.12. The number of carboxylic acids is 2. The Morgan fingerprint density at radius 2 is 2.05 bits per heavy atom. The minimum absolute atomic E-state index is 0.0471. The van der Waals surface area contributed by atoms with Crippen molar-refractivity contribution in [3.8, 4) is 0 Å². The summed E-state index contributed by atoms with van der Waals surface area (Å²) in [4.78, 5) is 22.6. The lowest BCUT2D eigenvalue weighted by atomic mass is 10.1. The van der Waals surface area contributed by atoms with Crippen LogP contribution in [0.1, 0.15) is 33.6 Å². The number of aromatic carboxylic acids is 1. The maximum absolute atomic E-state index is 12.3. The van der Waals surface area contributed by atoms with Crippen LogP contribution in [0.15, 0.2) is 4.21 Å². The smallest absolute Gasteiger partial charge is 0.338 e. The van der Waals surface area contributed by atoms with Gasteiger partial charge in [0, 0.05) is 24.4 Å². The topological polar surface area (TPSA) is 133 Å². The Bertz CT molecular complexity index is 695. The van der Waals surface area contributed by atoms with Gasteiger partial charge in [0.25, 0.3) is 10.0 Å². The normalized spacial score (nSPS) is 14.5. The van der Waals surface area contributed by atoms with Gasteiger partial charge in [-0.15, -0.1) is 11.3 Å². The van der Waals surface area contributed by atoms with Crippen molar-refractivity contribution in [3.63, 3.8) is 0 Å². The fourth-order valence-corrected chi connectivity index (χ4v) is 5.21. The number of thiophene rings is 1. The van der Waals surface area contributed by atoms with Gasteiger partial charge in [-0.05, 0) is 24.9 Å². The Morgan fingerprint density at radius 1 is 1.32 bits per heavy atom. The first-order chi connectivity index (χ1) is 10.3. The predicted octanol–water partition coefficient (Wildman–Crippen LogP) is 0.235. The highest BCUT2D eigenvalue weighted by Gasteiger charge is 2.31. The van der Waals surface area contributed by atoms with E-state index in [1.54, 1.807) is 0 Å². The third-order valence-corrected chi connectivity index (χ3v) is 6.42. The van der Waals surface area contributed by atoms with E-state index in [1.807, 2.05) is 0 Å². The van der Waals surface area contributed by atoms with Crippen LogP contribution in [0, 0.1) is 0 Å². The van der Waals surface area contributed by atoms with Crippen LogP contribution in [0.5, 0.6) is 0 Å². The zero-order valence-corrected chi connectivity index (χ0v) is 13.2. The maximum atomic E-state index is 12.3. The molecule has 10 heteroatoms. The molecular weight excluding hydrogens is 332 g/mol. The Hall–Kier alpha value is -1.49. The average molecular weight is 348 g/mol. The van der Waals surface area contributed by atoms with E-state index < -0.39 is 22.0 Å². The summed E-state index contributed by atoms with van der Waals surface area (Å²) in [6, 6.07) is 0. The summed E-state index contributed by atoms with van der Waals surface area (Å²) < 4.78 is 26.6. The molecule has 0 unspecified atom stereocenters. The number of rotatable bonds is 7. The second-order valence-corrected chi connectivity index (χ2v) is 7.86. The first kappa shape index (κ1) is 16.9. The van der Waals surface area contributed by atoms with Gasteiger partial charge in [-0.25, -0.2) is 17.9 Å². The van der Waals surface area contributed by atoms with Crippen molar-refractivity contribution in [1.82, 2.24) is 10.0 Å². The molecular formula is C12H16N2O6S2. The summed E-state index contributed by atoms with van der Waals surface area (Å²) in [6.07, 6.45) is 0.463. The van der Waals surface area contributed by atoms with Crippen LogP contribution in [-0.2, 0) is 27.8 Å². The molecule has 0 atom stereocenters. The summed E-state index contributed by atoms with van der Waals surface area (Å²) >= 11 is 0.951. The van der Waals surface area contributed by atoms with Gasteiger partial charge in [-0.2, -0.15) is 0 Å². The zero-order chi connectivity index (χ0) is 16.3. The minimum Gasteiger partial charge on any atom is -0.481 e. The zero-order valence-electron chi connectivity index (χ0n) is 11.6. The molecule has 0 spiro atoms. The lowest BCUT2D eigenvalue weighted by molar-refractivity contribution is -0.137. The lowest BCUT2D eigenvalue weighted by Crippen LogP contribution is -2.26. The molecule has 22 heavy (non-hydrogen) atoms. The monoisotopic (exact) mass is 348 g/mol. The molecule has 0 bridgehead atoms. The highest BCUT2D eigenvalue weighted by atomic mass is 32.2. The van der Waals surface area contributed by atoms with Crippen LogP contribution in [0.25, 0.3) is 0 Å². The molecule has 122 valence electrons. The Morgan fingerprint density at radius 3 is 2.68 bits per heavy atom. The van der Waals surface area contributed by atoms with Crippen molar-refractivity contribution in [1.29, 1.82) is 0 Å². The molecule has 0 saturated heterocycles. The number of hydrogen-bond acceptors (Lipinski definition) is 6. The van der Waals surface area contributed by atoms with Gasteiger partial charge in [-0.1, -0.05) is 0 Å². The number of nitrogens with one attached hydrogen (secondary N) is 2. The second kappa shape index (κ2) is 6.73. The van der Waals surface area contributed by atoms with E-state index >= 15 is 0 Å². The first-order valence-electron chi connectivity index (χ1n) is 6.63. The summed E-state index contributed by atoms with van der Waals surface area (Å²) in [5, 5.41) is 20.9. The Labute approximate surface area is 131 Å². The molecule has 0 amide bonds. The van der Waals surface area contributed by atoms with Crippen molar-refractivity contribution in [2.75, 3.05) is 13.1 Å². The largest absolute Gasteiger partial charge is 0.481 e. The molecule has 0 radical (unpaired) electrons. The van der Waals surface area contributed by atoms with Crippen LogP contribution < -0.4 is 10.0 Å². The van der Waals surface area contributed by atoms with E-state index in [0.717, 1.165) is 16.2 Å². The molecule has 0 saturated carbocycles. The minimum atomic E-state index is -3.96. The third-order valence-electron chi connectivity index (χ3n) is 3.21. The fraction of sp³-hybridized carbons (Fsp3) is 0.500. The number of carboxylic acid groups (broad SMARTS) is 2. The average Bonchev–Trinajstić information content (AvgIpc) is 2.84. The number of fused-ring (bicyclic) bond motifs is 1. The Kier molecular flexibility index (Phi) is 5.16. The van der Waals surface area contributed by atoms with Crippen LogP contribution in [-0.4, -0.2) is 43.7 Å². The van der Waals surface area contributed by atoms with E-state index in [9.17, 15) is 23.1 Å². The molecule has 0 aliphatic carbocycles. The van der Waals surface area contributed by atoms with Crippen molar-refractivity contribution in [2.24, 2.45) is 0 Å². The van der Waals surface area contributed by atoms with Crippen LogP contribution >= 0.6 is 11.3 Å². The van der Waals surface area contributed by atoms with E-state index in [1.165, 1.54) is 0 Å². The van der Waals surface area contributed by atoms with Gasteiger partial charge in [0.15, 0.2) is 0 Å². The highest BCUT2D eigenvalue weighted by molar-refractivity contribution is 7.91. The molecule has 1 aliphatic heterocycles. The molecule has 0 fully saturated rings. The number of aliphatic carboxylic acids is 1. The SMILES string of the molecule is O=C(O)CCCNS(=O)(=O)c1sc2c(c1C(=O)O)CCNC2. The van der Waals surface area contributed by atoms with E-state index in [2.05, 4.69) is 10.0 Å². The van der Waals surface area contributed by atoms with Crippen molar-refractivity contribution in [3.05, 3.63) is 16.0 Å². The molecule has 1 aromatic heterocycles. The van der Waals surface area contributed by atoms with Crippen molar-refractivity contribution < 1.29 is 28.2 Å². The second-order valence-electron chi connectivity index (χ2n) is 4.79. The molecule has 1 aromatic rings. The van der Waals surface area contributed by atoms with Gasteiger partial charge >= 0.3 is 11.9 Å². The third kappa shape index (κ3) is 3.64. The molecule has 4 N–H and O–H groups in total. The molecule has 2 rings (SSSR count). The van der Waals surface area contributed by atoms with Crippen molar-refractivity contribution in [2.45, 2.75) is 30.0 Å². The van der Waals surface area contributed by atoms with Crippen LogP contribution in [0.2, 0.25) is 0 Å². The predicted molar refractivity (Wildman–Crippen MR) is 78.7 cm³/mol. The van der Waals surface area contributed by atoms with Gasteiger partial charge in [0.2, 0.25) is 0 Å². The highest BCUT2D eigenvalue weighted by Crippen LogP contribution is 2.34. The number of carbonyl (C=O) groups is 2. The van der Waals surface area contributed by atoms with Crippen LogP contribution in [0.4, 0.5) is 0 Å². The quantitative estimate of drug-likeness (QED) is 0.519.